The Morgan fingerprint density at radius 1 is 1.17 bits per heavy atom. The topological polar surface area (TPSA) is 34.2 Å². The fourth-order valence-corrected chi connectivity index (χ4v) is 2.05. The largest absolute Gasteiger partial charge is 0.481 e. The highest BCUT2D eigenvalue weighted by molar-refractivity contribution is 5.37. The van der Waals surface area contributed by atoms with Crippen LogP contribution >= 0.6 is 0 Å². The van der Waals surface area contributed by atoms with Crippen molar-refractivity contribution in [1.82, 2.24) is 10.3 Å². The molecule has 0 saturated carbocycles. The number of hydrogen-bond acceptors (Lipinski definition) is 3. The molecule has 0 amide bonds. The zero-order chi connectivity index (χ0) is 12.8. The third-order valence-corrected chi connectivity index (χ3v) is 2.85. The van der Waals surface area contributed by atoms with Crippen molar-refractivity contribution in [1.29, 1.82) is 0 Å². The number of rotatable bonds is 5. The Morgan fingerprint density at radius 3 is 2.61 bits per heavy atom. The monoisotopic (exact) mass is 242 g/mol. The van der Waals surface area contributed by atoms with Crippen LogP contribution in [0.2, 0.25) is 0 Å². The van der Waals surface area contributed by atoms with E-state index in [9.17, 15) is 0 Å². The molecule has 0 saturated heterocycles. The van der Waals surface area contributed by atoms with E-state index < -0.39 is 0 Å². The first-order valence-electron chi connectivity index (χ1n) is 6.14. The third-order valence-electron chi connectivity index (χ3n) is 2.85. The van der Waals surface area contributed by atoms with E-state index in [2.05, 4.69) is 29.4 Å². The average Bonchev–Trinajstić information content (AvgIpc) is 2.46. The molecule has 1 heterocycles. The van der Waals surface area contributed by atoms with E-state index >= 15 is 0 Å². The first kappa shape index (κ1) is 12.6. The SMILES string of the molecule is CCNC(c1ccccc1)c1cccnc1OC. The Kier molecular flexibility index (Phi) is 4.31. The molecule has 3 nitrogen and oxygen atoms in total. The second-order valence-corrected chi connectivity index (χ2v) is 4.00. The van der Waals surface area contributed by atoms with E-state index in [0.29, 0.717) is 5.88 Å². The maximum atomic E-state index is 5.34. The van der Waals surface area contributed by atoms with Gasteiger partial charge in [0, 0.05) is 11.8 Å². The molecule has 0 spiro atoms. The molecule has 0 aliphatic carbocycles. The van der Waals surface area contributed by atoms with Gasteiger partial charge in [0.2, 0.25) is 5.88 Å². The normalized spacial score (nSPS) is 12.1. The van der Waals surface area contributed by atoms with Crippen molar-refractivity contribution >= 4 is 0 Å². The molecule has 0 fully saturated rings. The van der Waals surface area contributed by atoms with Crippen molar-refractivity contribution < 1.29 is 4.74 Å². The Labute approximate surface area is 108 Å². The van der Waals surface area contributed by atoms with E-state index in [1.807, 2.05) is 30.3 Å². The minimum atomic E-state index is 0.111. The number of benzene rings is 1. The Hall–Kier alpha value is -1.87. The van der Waals surface area contributed by atoms with Crippen molar-refractivity contribution in [3.63, 3.8) is 0 Å². The Bertz CT molecular complexity index is 485. The maximum absolute atomic E-state index is 5.34. The fraction of sp³-hybridized carbons (Fsp3) is 0.267. The smallest absolute Gasteiger partial charge is 0.218 e. The van der Waals surface area contributed by atoms with Gasteiger partial charge in [-0.2, -0.15) is 0 Å². The van der Waals surface area contributed by atoms with E-state index in [1.54, 1.807) is 13.3 Å². The third kappa shape index (κ3) is 2.68. The number of aromatic nitrogens is 1. The van der Waals surface area contributed by atoms with Gasteiger partial charge in [0.25, 0.3) is 0 Å². The maximum Gasteiger partial charge on any atom is 0.218 e. The van der Waals surface area contributed by atoms with Crippen LogP contribution in [0.15, 0.2) is 48.7 Å². The zero-order valence-corrected chi connectivity index (χ0v) is 10.8. The first-order chi connectivity index (χ1) is 8.86. The minimum Gasteiger partial charge on any atom is -0.481 e. The number of hydrogen-bond donors (Lipinski definition) is 1. The Balaban J connectivity index is 2.41. The summed E-state index contributed by atoms with van der Waals surface area (Å²) in [6, 6.07) is 14.4. The van der Waals surface area contributed by atoms with E-state index in [-0.39, 0.29) is 6.04 Å². The summed E-state index contributed by atoms with van der Waals surface area (Å²) in [7, 11) is 1.65. The van der Waals surface area contributed by atoms with E-state index in [4.69, 9.17) is 4.74 Å². The molecule has 1 atom stereocenters. The summed E-state index contributed by atoms with van der Waals surface area (Å²) < 4.78 is 5.34. The summed E-state index contributed by atoms with van der Waals surface area (Å²) in [5.74, 6) is 0.673. The summed E-state index contributed by atoms with van der Waals surface area (Å²) in [5, 5.41) is 3.47. The summed E-state index contributed by atoms with van der Waals surface area (Å²) in [5.41, 5.74) is 2.28. The molecule has 1 aromatic carbocycles. The number of nitrogens with zero attached hydrogens (tertiary/aromatic N) is 1. The van der Waals surface area contributed by atoms with Gasteiger partial charge in [0.05, 0.1) is 13.2 Å². The van der Waals surface area contributed by atoms with Gasteiger partial charge < -0.3 is 10.1 Å². The van der Waals surface area contributed by atoms with Crippen LogP contribution in [0.4, 0.5) is 0 Å². The van der Waals surface area contributed by atoms with Gasteiger partial charge in [-0.15, -0.1) is 0 Å². The lowest BCUT2D eigenvalue weighted by atomic mass is 9.99. The lowest BCUT2D eigenvalue weighted by Crippen LogP contribution is -2.22. The fourth-order valence-electron chi connectivity index (χ4n) is 2.05. The number of ether oxygens (including phenoxy) is 1. The second-order valence-electron chi connectivity index (χ2n) is 4.00. The highest BCUT2D eigenvalue weighted by Gasteiger charge is 2.17. The van der Waals surface area contributed by atoms with Crippen molar-refractivity contribution in [2.24, 2.45) is 0 Å². The highest BCUT2D eigenvalue weighted by Crippen LogP contribution is 2.27. The number of pyridine rings is 1. The molecule has 0 bridgehead atoms. The van der Waals surface area contributed by atoms with Crippen molar-refractivity contribution in [3.8, 4) is 5.88 Å². The molecule has 0 aliphatic rings. The zero-order valence-electron chi connectivity index (χ0n) is 10.8. The molecule has 1 N–H and O–H groups in total. The predicted molar refractivity (Wildman–Crippen MR) is 72.8 cm³/mol. The molecular weight excluding hydrogens is 224 g/mol. The van der Waals surface area contributed by atoms with Crippen LogP contribution in [0.5, 0.6) is 5.88 Å². The quantitative estimate of drug-likeness (QED) is 0.875. The van der Waals surface area contributed by atoms with Crippen LogP contribution in [0.25, 0.3) is 0 Å². The predicted octanol–water partition coefficient (Wildman–Crippen LogP) is 2.79. The second kappa shape index (κ2) is 6.17. The van der Waals surface area contributed by atoms with Crippen molar-refractivity contribution in [2.45, 2.75) is 13.0 Å². The van der Waals surface area contributed by atoms with E-state index in [0.717, 1.165) is 12.1 Å². The highest BCUT2D eigenvalue weighted by atomic mass is 16.5. The molecule has 1 unspecified atom stereocenters. The summed E-state index contributed by atoms with van der Waals surface area (Å²) in [4.78, 5) is 4.26. The van der Waals surface area contributed by atoms with Crippen LogP contribution in [0, 0.1) is 0 Å². The van der Waals surface area contributed by atoms with Crippen molar-refractivity contribution in [3.05, 3.63) is 59.8 Å². The van der Waals surface area contributed by atoms with Crippen LogP contribution in [-0.4, -0.2) is 18.6 Å². The molecule has 2 aromatic rings. The number of nitrogens with one attached hydrogen (secondary N) is 1. The first-order valence-corrected chi connectivity index (χ1v) is 6.14. The van der Waals surface area contributed by atoms with Crippen molar-refractivity contribution in [2.75, 3.05) is 13.7 Å². The molecule has 0 radical (unpaired) electrons. The molecule has 0 aliphatic heterocycles. The van der Waals surface area contributed by atoms with E-state index in [1.165, 1.54) is 5.56 Å². The number of methoxy groups -OCH3 is 1. The molecule has 94 valence electrons. The standard InChI is InChI=1S/C15H18N2O/c1-3-16-14(12-8-5-4-6-9-12)13-10-7-11-17-15(13)18-2/h4-11,14,16H,3H2,1-2H3. The lowest BCUT2D eigenvalue weighted by molar-refractivity contribution is 0.387. The van der Waals surface area contributed by atoms with Gasteiger partial charge in [-0.3, -0.25) is 0 Å². The minimum absolute atomic E-state index is 0.111. The molecular formula is C15H18N2O. The molecule has 1 aromatic heterocycles. The van der Waals surface area contributed by atoms with Crippen LogP contribution in [0.3, 0.4) is 0 Å². The summed E-state index contributed by atoms with van der Waals surface area (Å²) in [6.07, 6.45) is 1.75. The van der Waals surface area contributed by atoms with Gasteiger partial charge in [-0.25, -0.2) is 4.98 Å². The molecule has 2 rings (SSSR count). The van der Waals surface area contributed by atoms with Crippen LogP contribution < -0.4 is 10.1 Å². The van der Waals surface area contributed by atoms with Gasteiger partial charge in [0.15, 0.2) is 0 Å². The van der Waals surface area contributed by atoms with Crippen LogP contribution in [0.1, 0.15) is 24.1 Å². The average molecular weight is 242 g/mol. The summed E-state index contributed by atoms with van der Waals surface area (Å²) in [6.45, 7) is 2.98. The lowest BCUT2D eigenvalue weighted by Gasteiger charge is -2.20. The van der Waals surface area contributed by atoms with Gasteiger partial charge in [-0.1, -0.05) is 43.3 Å². The molecule has 18 heavy (non-hydrogen) atoms. The van der Waals surface area contributed by atoms with Gasteiger partial charge >= 0.3 is 0 Å². The van der Waals surface area contributed by atoms with Crippen LogP contribution in [-0.2, 0) is 0 Å². The Morgan fingerprint density at radius 2 is 1.94 bits per heavy atom. The molecule has 3 heteroatoms. The van der Waals surface area contributed by atoms with Gasteiger partial charge in [0.1, 0.15) is 0 Å². The van der Waals surface area contributed by atoms with Gasteiger partial charge in [-0.05, 0) is 18.2 Å². The summed E-state index contributed by atoms with van der Waals surface area (Å²) >= 11 is 0.